The SMILES string of the molecule is COc1ccc(OCCNc2ncc(Br)c3cccc(C)c23)cc1. The Labute approximate surface area is 149 Å². The Kier molecular flexibility index (Phi) is 5.20. The smallest absolute Gasteiger partial charge is 0.134 e. The van der Waals surface area contributed by atoms with Crippen molar-refractivity contribution in [3.05, 3.63) is 58.7 Å². The molecule has 124 valence electrons. The molecule has 0 aliphatic carbocycles. The summed E-state index contributed by atoms with van der Waals surface area (Å²) < 4.78 is 11.9. The molecular formula is C19H19BrN2O2. The minimum Gasteiger partial charge on any atom is -0.497 e. The van der Waals surface area contributed by atoms with Crippen LogP contribution in [0.2, 0.25) is 0 Å². The van der Waals surface area contributed by atoms with Gasteiger partial charge in [0.15, 0.2) is 0 Å². The first-order valence-corrected chi connectivity index (χ1v) is 8.53. The summed E-state index contributed by atoms with van der Waals surface area (Å²) in [6.45, 7) is 3.32. The van der Waals surface area contributed by atoms with Gasteiger partial charge in [0.05, 0.1) is 13.7 Å². The third-order valence-corrected chi connectivity index (χ3v) is 4.43. The van der Waals surface area contributed by atoms with Crippen molar-refractivity contribution in [1.29, 1.82) is 0 Å². The highest BCUT2D eigenvalue weighted by molar-refractivity contribution is 9.10. The molecule has 0 saturated heterocycles. The van der Waals surface area contributed by atoms with Gasteiger partial charge in [-0.1, -0.05) is 18.2 Å². The molecule has 1 aromatic heterocycles. The number of hydrogen-bond acceptors (Lipinski definition) is 4. The zero-order chi connectivity index (χ0) is 16.9. The van der Waals surface area contributed by atoms with E-state index in [-0.39, 0.29) is 0 Å². The second kappa shape index (κ2) is 7.53. The van der Waals surface area contributed by atoms with Crippen molar-refractivity contribution >= 4 is 32.5 Å². The van der Waals surface area contributed by atoms with E-state index >= 15 is 0 Å². The minimum atomic E-state index is 0.553. The maximum atomic E-state index is 5.74. The van der Waals surface area contributed by atoms with Crippen LogP contribution >= 0.6 is 15.9 Å². The average molecular weight is 387 g/mol. The number of rotatable bonds is 6. The number of ether oxygens (including phenoxy) is 2. The van der Waals surface area contributed by atoms with Crippen molar-refractivity contribution in [1.82, 2.24) is 4.98 Å². The second-order valence-corrected chi connectivity index (χ2v) is 6.26. The molecule has 0 spiro atoms. The van der Waals surface area contributed by atoms with E-state index in [2.05, 4.69) is 51.4 Å². The molecule has 0 atom stereocenters. The van der Waals surface area contributed by atoms with E-state index in [9.17, 15) is 0 Å². The minimum absolute atomic E-state index is 0.553. The van der Waals surface area contributed by atoms with Crippen LogP contribution in [0.5, 0.6) is 11.5 Å². The van der Waals surface area contributed by atoms with Crippen molar-refractivity contribution in [2.24, 2.45) is 0 Å². The van der Waals surface area contributed by atoms with Crippen LogP contribution < -0.4 is 14.8 Å². The topological polar surface area (TPSA) is 43.4 Å². The first kappa shape index (κ1) is 16.6. The van der Waals surface area contributed by atoms with Crippen LogP contribution in [0.4, 0.5) is 5.82 Å². The molecule has 0 unspecified atom stereocenters. The highest BCUT2D eigenvalue weighted by Gasteiger charge is 2.08. The quantitative estimate of drug-likeness (QED) is 0.617. The van der Waals surface area contributed by atoms with Gasteiger partial charge in [-0.15, -0.1) is 0 Å². The fourth-order valence-electron chi connectivity index (χ4n) is 2.58. The maximum Gasteiger partial charge on any atom is 0.134 e. The Balaban J connectivity index is 1.64. The normalized spacial score (nSPS) is 10.6. The number of hydrogen-bond donors (Lipinski definition) is 1. The summed E-state index contributed by atoms with van der Waals surface area (Å²) in [7, 11) is 1.65. The van der Waals surface area contributed by atoms with Gasteiger partial charge in [0.25, 0.3) is 0 Å². The molecule has 0 saturated carbocycles. The molecule has 0 aliphatic rings. The molecule has 0 aliphatic heterocycles. The van der Waals surface area contributed by atoms with E-state index < -0.39 is 0 Å². The third-order valence-electron chi connectivity index (χ3n) is 3.80. The van der Waals surface area contributed by atoms with Crippen LogP contribution in [0.1, 0.15) is 5.56 Å². The molecule has 0 amide bonds. The summed E-state index contributed by atoms with van der Waals surface area (Å²) in [5, 5.41) is 5.66. The summed E-state index contributed by atoms with van der Waals surface area (Å²) in [4.78, 5) is 4.50. The van der Waals surface area contributed by atoms with Gasteiger partial charge in [-0.25, -0.2) is 4.98 Å². The van der Waals surface area contributed by atoms with Crippen LogP contribution in [0.15, 0.2) is 53.1 Å². The fraction of sp³-hybridized carbons (Fsp3) is 0.211. The van der Waals surface area contributed by atoms with Crippen molar-refractivity contribution < 1.29 is 9.47 Å². The van der Waals surface area contributed by atoms with E-state index in [1.165, 1.54) is 5.56 Å². The molecular weight excluding hydrogens is 368 g/mol. The zero-order valence-electron chi connectivity index (χ0n) is 13.7. The molecule has 5 heteroatoms. The van der Waals surface area contributed by atoms with Crippen molar-refractivity contribution in [3.8, 4) is 11.5 Å². The lowest BCUT2D eigenvalue weighted by Crippen LogP contribution is -2.12. The van der Waals surface area contributed by atoms with Gasteiger partial charge in [-0.3, -0.25) is 0 Å². The largest absolute Gasteiger partial charge is 0.497 e. The number of nitrogens with one attached hydrogen (secondary N) is 1. The second-order valence-electron chi connectivity index (χ2n) is 5.40. The van der Waals surface area contributed by atoms with E-state index in [4.69, 9.17) is 9.47 Å². The van der Waals surface area contributed by atoms with E-state index in [1.54, 1.807) is 7.11 Å². The van der Waals surface area contributed by atoms with Gasteiger partial charge < -0.3 is 14.8 Å². The predicted octanol–water partition coefficient (Wildman–Crippen LogP) is 4.81. The van der Waals surface area contributed by atoms with Crippen LogP contribution in [-0.2, 0) is 0 Å². The number of pyridine rings is 1. The van der Waals surface area contributed by atoms with Crippen LogP contribution in [0.25, 0.3) is 10.8 Å². The van der Waals surface area contributed by atoms with Crippen LogP contribution in [0, 0.1) is 6.92 Å². The summed E-state index contributed by atoms with van der Waals surface area (Å²) in [5.41, 5.74) is 1.19. The Hall–Kier alpha value is -2.27. The Bertz CT molecular complexity index is 835. The van der Waals surface area contributed by atoms with Crippen LogP contribution in [-0.4, -0.2) is 25.2 Å². The predicted molar refractivity (Wildman–Crippen MR) is 101 cm³/mol. The average Bonchev–Trinajstić information content (AvgIpc) is 2.61. The van der Waals surface area contributed by atoms with Crippen molar-refractivity contribution in [2.75, 3.05) is 25.6 Å². The molecule has 24 heavy (non-hydrogen) atoms. The molecule has 1 heterocycles. The maximum absolute atomic E-state index is 5.74. The highest BCUT2D eigenvalue weighted by Crippen LogP contribution is 2.30. The number of aryl methyl sites for hydroxylation is 1. The number of anilines is 1. The third kappa shape index (κ3) is 3.62. The van der Waals surface area contributed by atoms with E-state index in [1.807, 2.05) is 30.5 Å². The number of halogens is 1. The van der Waals surface area contributed by atoms with Gasteiger partial charge in [-0.05, 0) is 52.7 Å². The standard InChI is InChI=1S/C19H19BrN2O2/c1-13-4-3-5-16-17(20)12-22-19(18(13)16)21-10-11-24-15-8-6-14(23-2)7-9-15/h3-9,12H,10-11H2,1-2H3,(H,21,22). The molecule has 3 aromatic rings. The lowest BCUT2D eigenvalue weighted by molar-refractivity contribution is 0.331. The summed E-state index contributed by atoms with van der Waals surface area (Å²) in [6, 6.07) is 13.8. The molecule has 1 N–H and O–H groups in total. The molecule has 0 radical (unpaired) electrons. The number of methoxy groups -OCH3 is 1. The van der Waals surface area contributed by atoms with E-state index in [0.717, 1.165) is 32.6 Å². The van der Waals surface area contributed by atoms with Gasteiger partial charge in [-0.2, -0.15) is 0 Å². The van der Waals surface area contributed by atoms with E-state index in [0.29, 0.717) is 13.2 Å². The van der Waals surface area contributed by atoms with Crippen molar-refractivity contribution in [3.63, 3.8) is 0 Å². The number of fused-ring (bicyclic) bond motifs is 1. The van der Waals surface area contributed by atoms with Gasteiger partial charge in [0.1, 0.15) is 23.9 Å². The summed E-state index contributed by atoms with van der Waals surface area (Å²) >= 11 is 3.56. The molecule has 0 fully saturated rings. The first-order chi connectivity index (χ1) is 11.7. The van der Waals surface area contributed by atoms with Gasteiger partial charge in [0.2, 0.25) is 0 Å². The molecule has 3 rings (SSSR count). The fourth-order valence-corrected chi connectivity index (χ4v) is 3.01. The monoisotopic (exact) mass is 386 g/mol. The van der Waals surface area contributed by atoms with Crippen molar-refractivity contribution in [2.45, 2.75) is 6.92 Å². The Morgan fingerprint density at radius 2 is 1.83 bits per heavy atom. The van der Waals surface area contributed by atoms with Gasteiger partial charge in [0, 0.05) is 21.4 Å². The molecule has 4 nitrogen and oxygen atoms in total. The zero-order valence-corrected chi connectivity index (χ0v) is 15.3. The lowest BCUT2D eigenvalue weighted by Gasteiger charge is -2.12. The number of aromatic nitrogens is 1. The number of nitrogens with zero attached hydrogens (tertiary/aromatic N) is 1. The van der Waals surface area contributed by atoms with Crippen LogP contribution in [0.3, 0.4) is 0 Å². The number of benzene rings is 2. The first-order valence-electron chi connectivity index (χ1n) is 7.73. The Morgan fingerprint density at radius 3 is 2.58 bits per heavy atom. The van der Waals surface area contributed by atoms with Gasteiger partial charge >= 0.3 is 0 Å². The lowest BCUT2D eigenvalue weighted by atomic mass is 10.1. The Morgan fingerprint density at radius 1 is 1.08 bits per heavy atom. The summed E-state index contributed by atoms with van der Waals surface area (Å²) in [5.74, 6) is 2.52. The highest BCUT2D eigenvalue weighted by atomic mass is 79.9. The summed E-state index contributed by atoms with van der Waals surface area (Å²) in [6.07, 6.45) is 1.83. The molecule has 0 bridgehead atoms. The molecule has 2 aromatic carbocycles.